The molecule has 0 fully saturated rings. The van der Waals surface area contributed by atoms with Crippen molar-refractivity contribution < 1.29 is 23.6 Å². The van der Waals surface area contributed by atoms with Crippen molar-refractivity contribution in [3.8, 4) is 0 Å². The number of carbonyl (C=O) groups excluding carboxylic acids is 3. The molecule has 7 nitrogen and oxygen atoms in total. The summed E-state index contributed by atoms with van der Waals surface area (Å²) in [4.78, 5) is 35.9. The fourth-order valence-corrected chi connectivity index (χ4v) is 3.32. The van der Waals surface area contributed by atoms with Crippen molar-refractivity contribution in [3.63, 3.8) is 0 Å². The van der Waals surface area contributed by atoms with E-state index in [1.807, 2.05) is 32.9 Å². The van der Waals surface area contributed by atoms with E-state index in [0.29, 0.717) is 17.1 Å². The van der Waals surface area contributed by atoms with Gasteiger partial charge in [0, 0.05) is 11.6 Å². The molecule has 27 heavy (non-hydrogen) atoms. The minimum absolute atomic E-state index is 0.0234. The molecule has 1 amide bonds. The van der Waals surface area contributed by atoms with E-state index < -0.39 is 5.97 Å². The van der Waals surface area contributed by atoms with Crippen LogP contribution >= 0.6 is 11.8 Å². The SMILES string of the molecule is Cc1cc(C)c(C(=O)COC(=O)CSCC(=O)Nc2cc(C)on2)c(C)c1. The highest BCUT2D eigenvalue weighted by molar-refractivity contribution is 8.00. The van der Waals surface area contributed by atoms with Crippen LogP contribution in [0.1, 0.15) is 32.8 Å². The van der Waals surface area contributed by atoms with Gasteiger partial charge >= 0.3 is 5.97 Å². The Morgan fingerprint density at radius 2 is 1.74 bits per heavy atom. The molecule has 0 atom stereocenters. The molecule has 0 aliphatic heterocycles. The Morgan fingerprint density at radius 1 is 1.07 bits per heavy atom. The van der Waals surface area contributed by atoms with Gasteiger partial charge in [-0.25, -0.2) is 0 Å². The minimum Gasteiger partial charge on any atom is -0.457 e. The summed E-state index contributed by atoms with van der Waals surface area (Å²) >= 11 is 1.09. The minimum atomic E-state index is -0.541. The van der Waals surface area contributed by atoms with Gasteiger partial charge in [0.05, 0.1) is 11.5 Å². The number of aromatic nitrogens is 1. The van der Waals surface area contributed by atoms with E-state index in [1.54, 1.807) is 13.0 Å². The van der Waals surface area contributed by atoms with Gasteiger partial charge in [-0.05, 0) is 38.8 Å². The lowest BCUT2D eigenvalue weighted by Gasteiger charge is -2.10. The summed E-state index contributed by atoms with van der Waals surface area (Å²) in [5.41, 5.74) is 3.39. The number of carbonyl (C=O) groups is 3. The van der Waals surface area contributed by atoms with Gasteiger partial charge in [-0.3, -0.25) is 14.4 Å². The predicted octanol–water partition coefficient (Wildman–Crippen LogP) is 3.01. The number of hydrogen-bond donors (Lipinski definition) is 1. The van der Waals surface area contributed by atoms with Crippen LogP contribution < -0.4 is 5.32 Å². The fraction of sp³-hybridized carbons (Fsp3) is 0.368. The number of esters is 1. The first kappa shape index (κ1) is 20.7. The molecule has 1 N–H and O–H groups in total. The normalized spacial score (nSPS) is 10.5. The zero-order valence-corrected chi connectivity index (χ0v) is 16.6. The van der Waals surface area contributed by atoms with Crippen LogP contribution in [0.3, 0.4) is 0 Å². The molecular weight excluding hydrogens is 368 g/mol. The molecule has 2 rings (SSSR count). The standard InChI is InChI=1S/C19H22N2O5S/c1-11-5-12(2)19(13(3)6-11)15(22)8-25-18(24)10-27-9-17(23)20-16-7-14(4)26-21-16/h5-7H,8-10H2,1-4H3,(H,20,21,23). The maximum Gasteiger partial charge on any atom is 0.316 e. The lowest BCUT2D eigenvalue weighted by molar-refractivity contribution is -0.139. The van der Waals surface area contributed by atoms with Gasteiger partial charge < -0.3 is 14.6 Å². The van der Waals surface area contributed by atoms with E-state index in [2.05, 4.69) is 10.5 Å². The number of ketones is 1. The van der Waals surface area contributed by atoms with E-state index in [-0.39, 0.29) is 29.8 Å². The van der Waals surface area contributed by atoms with Crippen molar-refractivity contribution in [2.24, 2.45) is 0 Å². The topological polar surface area (TPSA) is 98.5 Å². The van der Waals surface area contributed by atoms with Crippen molar-refractivity contribution in [1.29, 1.82) is 0 Å². The number of nitrogens with one attached hydrogen (secondary N) is 1. The molecule has 144 valence electrons. The van der Waals surface area contributed by atoms with Crippen LogP contribution in [0, 0.1) is 27.7 Å². The molecular formula is C19H22N2O5S. The monoisotopic (exact) mass is 390 g/mol. The number of benzene rings is 1. The van der Waals surface area contributed by atoms with Crippen molar-refractivity contribution in [2.45, 2.75) is 27.7 Å². The molecule has 8 heteroatoms. The summed E-state index contributed by atoms with van der Waals surface area (Å²) in [5, 5.41) is 6.21. The van der Waals surface area contributed by atoms with Gasteiger partial charge in [0.1, 0.15) is 5.76 Å². The Morgan fingerprint density at radius 3 is 2.33 bits per heavy atom. The average molecular weight is 390 g/mol. The van der Waals surface area contributed by atoms with E-state index in [0.717, 1.165) is 28.5 Å². The largest absolute Gasteiger partial charge is 0.457 e. The summed E-state index contributed by atoms with van der Waals surface area (Å²) < 4.78 is 9.88. The lowest BCUT2D eigenvalue weighted by Crippen LogP contribution is -2.19. The molecule has 0 saturated heterocycles. The van der Waals surface area contributed by atoms with E-state index in [9.17, 15) is 14.4 Å². The molecule has 0 spiro atoms. The third kappa shape index (κ3) is 6.25. The molecule has 2 aromatic rings. The van der Waals surface area contributed by atoms with E-state index in [1.165, 1.54) is 0 Å². The molecule has 1 aromatic heterocycles. The third-order valence-corrected chi connectivity index (χ3v) is 4.57. The molecule has 0 saturated carbocycles. The maximum absolute atomic E-state index is 12.3. The van der Waals surface area contributed by atoms with Crippen LogP contribution in [0.15, 0.2) is 22.7 Å². The van der Waals surface area contributed by atoms with Crippen molar-refractivity contribution in [3.05, 3.63) is 46.2 Å². The van der Waals surface area contributed by atoms with Crippen LogP contribution in [0.5, 0.6) is 0 Å². The Labute approximate surface area is 161 Å². The van der Waals surface area contributed by atoms with Crippen molar-refractivity contribution in [2.75, 3.05) is 23.4 Å². The summed E-state index contributed by atoms with van der Waals surface area (Å²) in [6.07, 6.45) is 0. The number of nitrogens with zero attached hydrogens (tertiary/aromatic N) is 1. The predicted molar refractivity (Wildman–Crippen MR) is 103 cm³/mol. The van der Waals surface area contributed by atoms with E-state index >= 15 is 0 Å². The summed E-state index contributed by atoms with van der Waals surface area (Å²) in [5.74, 6) is -0.123. The third-order valence-electron chi connectivity index (χ3n) is 3.67. The first-order chi connectivity index (χ1) is 12.8. The van der Waals surface area contributed by atoms with Gasteiger partial charge in [0.15, 0.2) is 12.4 Å². The van der Waals surface area contributed by atoms with Crippen LogP contribution in [0.25, 0.3) is 0 Å². The van der Waals surface area contributed by atoms with Gasteiger partial charge in [0.25, 0.3) is 0 Å². The highest BCUT2D eigenvalue weighted by Crippen LogP contribution is 2.17. The number of amides is 1. The maximum atomic E-state index is 12.3. The number of ether oxygens (including phenoxy) is 1. The lowest BCUT2D eigenvalue weighted by atomic mass is 9.97. The zero-order valence-electron chi connectivity index (χ0n) is 15.8. The van der Waals surface area contributed by atoms with Gasteiger partial charge in [-0.1, -0.05) is 22.9 Å². The van der Waals surface area contributed by atoms with Gasteiger partial charge in [-0.15, -0.1) is 11.8 Å². The molecule has 0 aliphatic rings. The number of hydrogen-bond acceptors (Lipinski definition) is 7. The Hall–Kier alpha value is -2.61. The summed E-state index contributed by atoms with van der Waals surface area (Å²) in [6, 6.07) is 5.44. The Bertz CT molecular complexity index is 837. The average Bonchev–Trinajstić information content (AvgIpc) is 2.96. The first-order valence-electron chi connectivity index (χ1n) is 8.34. The molecule has 1 heterocycles. The van der Waals surface area contributed by atoms with E-state index in [4.69, 9.17) is 9.26 Å². The highest BCUT2D eigenvalue weighted by atomic mass is 32.2. The smallest absolute Gasteiger partial charge is 0.316 e. The number of anilines is 1. The number of rotatable bonds is 8. The second-order valence-corrected chi connectivity index (χ2v) is 7.21. The number of aryl methyl sites for hydroxylation is 4. The number of thioether (sulfide) groups is 1. The van der Waals surface area contributed by atoms with Crippen molar-refractivity contribution in [1.82, 2.24) is 5.16 Å². The molecule has 0 unspecified atom stereocenters. The number of Topliss-reactive ketones (excluding diaryl/α,β-unsaturated/α-hetero) is 1. The Kier molecular flexibility index (Phi) is 7.18. The van der Waals surface area contributed by atoms with Crippen LogP contribution in [-0.4, -0.2) is 40.9 Å². The highest BCUT2D eigenvalue weighted by Gasteiger charge is 2.15. The molecule has 0 bridgehead atoms. The molecule has 1 aromatic carbocycles. The second kappa shape index (κ2) is 9.36. The van der Waals surface area contributed by atoms with Crippen LogP contribution in [0.2, 0.25) is 0 Å². The summed E-state index contributed by atoms with van der Waals surface area (Å²) in [6.45, 7) is 7.09. The fourth-order valence-electron chi connectivity index (χ4n) is 2.71. The summed E-state index contributed by atoms with van der Waals surface area (Å²) in [7, 11) is 0. The second-order valence-electron chi connectivity index (χ2n) is 6.22. The quantitative estimate of drug-likeness (QED) is 0.546. The molecule has 0 aliphatic carbocycles. The first-order valence-corrected chi connectivity index (χ1v) is 9.49. The zero-order chi connectivity index (χ0) is 20.0. The van der Waals surface area contributed by atoms with Crippen molar-refractivity contribution >= 4 is 35.2 Å². The van der Waals surface area contributed by atoms with Gasteiger partial charge in [0.2, 0.25) is 11.7 Å². The van der Waals surface area contributed by atoms with Crippen LogP contribution in [0.4, 0.5) is 5.82 Å². The Balaban J connectivity index is 1.73. The van der Waals surface area contributed by atoms with Crippen LogP contribution in [-0.2, 0) is 14.3 Å². The van der Waals surface area contributed by atoms with Gasteiger partial charge in [-0.2, -0.15) is 0 Å². The molecule has 0 radical (unpaired) electrons.